The van der Waals surface area contributed by atoms with Crippen LogP contribution in [0.2, 0.25) is 0 Å². The first-order chi connectivity index (χ1) is 8.37. The summed E-state index contributed by atoms with van der Waals surface area (Å²) in [6.45, 7) is 6.15. The van der Waals surface area contributed by atoms with Crippen LogP contribution in [0.4, 0.5) is 0 Å². The largest absolute Gasteiger partial charge is 0.493 e. The van der Waals surface area contributed by atoms with Gasteiger partial charge in [-0.3, -0.25) is 0 Å². The van der Waals surface area contributed by atoms with E-state index in [1.54, 1.807) is 14.2 Å². The van der Waals surface area contributed by atoms with Crippen LogP contribution in [0.15, 0.2) is 16.6 Å². The molecule has 0 bridgehead atoms. The Morgan fingerprint density at radius 2 is 1.72 bits per heavy atom. The minimum atomic E-state index is -0.559. The van der Waals surface area contributed by atoms with Crippen molar-refractivity contribution in [2.45, 2.75) is 33.3 Å². The van der Waals surface area contributed by atoms with Crippen molar-refractivity contribution in [3.8, 4) is 11.5 Å². The molecule has 0 aromatic heterocycles. The van der Waals surface area contributed by atoms with Gasteiger partial charge in [-0.05, 0) is 29.5 Å². The van der Waals surface area contributed by atoms with Crippen molar-refractivity contribution in [1.29, 1.82) is 0 Å². The summed E-state index contributed by atoms with van der Waals surface area (Å²) in [7, 11) is 3.18. The maximum absolute atomic E-state index is 10.5. The van der Waals surface area contributed by atoms with Gasteiger partial charge in [0.1, 0.15) is 0 Å². The fraction of sp³-hybridized carbons (Fsp3) is 0.571. The summed E-state index contributed by atoms with van der Waals surface area (Å²) in [4.78, 5) is 0. The van der Waals surface area contributed by atoms with Crippen LogP contribution in [-0.4, -0.2) is 19.3 Å². The highest BCUT2D eigenvalue weighted by atomic mass is 79.9. The summed E-state index contributed by atoms with van der Waals surface area (Å²) in [5.74, 6) is 1.27. The average molecular weight is 317 g/mol. The van der Waals surface area contributed by atoms with Crippen molar-refractivity contribution < 1.29 is 14.6 Å². The lowest BCUT2D eigenvalue weighted by Crippen LogP contribution is -2.21. The van der Waals surface area contributed by atoms with Crippen LogP contribution in [0.25, 0.3) is 0 Å². The Morgan fingerprint density at radius 3 is 2.17 bits per heavy atom. The topological polar surface area (TPSA) is 38.7 Å². The molecule has 1 rings (SSSR count). The fourth-order valence-corrected chi connectivity index (χ4v) is 2.23. The van der Waals surface area contributed by atoms with Gasteiger partial charge in [0.25, 0.3) is 0 Å². The molecule has 0 heterocycles. The van der Waals surface area contributed by atoms with Crippen molar-refractivity contribution in [3.63, 3.8) is 0 Å². The lowest BCUT2D eigenvalue weighted by molar-refractivity contribution is 0.0457. The minimum absolute atomic E-state index is 0.192. The van der Waals surface area contributed by atoms with Crippen LogP contribution in [-0.2, 0) is 0 Å². The quantitative estimate of drug-likeness (QED) is 0.894. The molecule has 1 unspecified atom stereocenters. The second-order valence-corrected chi connectivity index (χ2v) is 5.83. The maximum atomic E-state index is 10.5. The third kappa shape index (κ3) is 2.98. The molecule has 0 aliphatic heterocycles. The monoisotopic (exact) mass is 316 g/mol. The van der Waals surface area contributed by atoms with E-state index < -0.39 is 6.10 Å². The first-order valence-electron chi connectivity index (χ1n) is 5.96. The third-order valence-electron chi connectivity index (χ3n) is 3.45. The molecule has 0 saturated carbocycles. The number of aliphatic hydroxyl groups is 1. The SMILES string of the molecule is CCC(C)(C)C(O)c1cc(OC)c(OC)cc1Br. The Kier molecular flexibility index (Phi) is 5.05. The summed E-state index contributed by atoms with van der Waals surface area (Å²) in [5.41, 5.74) is 0.627. The van der Waals surface area contributed by atoms with Gasteiger partial charge in [-0.2, -0.15) is 0 Å². The third-order valence-corrected chi connectivity index (χ3v) is 4.14. The average Bonchev–Trinajstić information content (AvgIpc) is 2.37. The van der Waals surface area contributed by atoms with Crippen molar-refractivity contribution >= 4 is 15.9 Å². The smallest absolute Gasteiger partial charge is 0.161 e. The van der Waals surface area contributed by atoms with Crippen LogP contribution >= 0.6 is 15.9 Å². The minimum Gasteiger partial charge on any atom is -0.493 e. The molecule has 102 valence electrons. The molecular formula is C14H21BrO3. The highest BCUT2D eigenvalue weighted by Gasteiger charge is 2.29. The lowest BCUT2D eigenvalue weighted by Gasteiger charge is -2.30. The standard InChI is InChI=1S/C14H21BrO3/c1-6-14(2,3)13(16)9-7-11(17-4)12(18-5)8-10(9)15/h7-8,13,16H,6H2,1-5H3. The molecule has 0 radical (unpaired) electrons. The second-order valence-electron chi connectivity index (χ2n) is 4.97. The zero-order chi connectivity index (χ0) is 13.9. The van der Waals surface area contributed by atoms with Gasteiger partial charge in [-0.1, -0.05) is 36.7 Å². The van der Waals surface area contributed by atoms with E-state index in [4.69, 9.17) is 9.47 Å². The molecule has 0 fully saturated rings. The number of halogens is 1. The predicted octanol–water partition coefficient (Wildman–Crippen LogP) is 3.94. The predicted molar refractivity (Wildman–Crippen MR) is 76.3 cm³/mol. The highest BCUT2D eigenvalue weighted by molar-refractivity contribution is 9.10. The zero-order valence-electron chi connectivity index (χ0n) is 11.6. The van der Waals surface area contributed by atoms with Crippen LogP contribution in [0.3, 0.4) is 0 Å². The van der Waals surface area contributed by atoms with Crippen LogP contribution in [0, 0.1) is 5.41 Å². The summed E-state index contributed by atoms with van der Waals surface area (Å²) < 4.78 is 11.3. The number of benzene rings is 1. The van der Waals surface area contributed by atoms with E-state index in [1.807, 2.05) is 26.0 Å². The Labute approximate surface area is 117 Å². The Hall–Kier alpha value is -0.740. The van der Waals surface area contributed by atoms with E-state index in [2.05, 4.69) is 22.9 Å². The molecular weight excluding hydrogens is 296 g/mol. The van der Waals surface area contributed by atoms with Crippen molar-refractivity contribution in [3.05, 3.63) is 22.2 Å². The van der Waals surface area contributed by atoms with Gasteiger partial charge in [0, 0.05) is 4.47 Å². The molecule has 0 saturated heterocycles. The van der Waals surface area contributed by atoms with Crippen LogP contribution in [0.5, 0.6) is 11.5 Å². The number of hydrogen-bond acceptors (Lipinski definition) is 3. The number of aliphatic hydroxyl groups excluding tert-OH is 1. The first-order valence-corrected chi connectivity index (χ1v) is 6.76. The number of rotatable bonds is 5. The van der Waals surface area contributed by atoms with Crippen LogP contribution < -0.4 is 9.47 Å². The van der Waals surface area contributed by atoms with Crippen molar-refractivity contribution in [1.82, 2.24) is 0 Å². The molecule has 1 atom stereocenters. The van der Waals surface area contributed by atoms with E-state index in [0.717, 1.165) is 16.5 Å². The Balaban J connectivity index is 3.25. The Morgan fingerprint density at radius 1 is 1.22 bits per heavy atom. The van der Waals surface area contributed by atoms with E-state index in [0.29, 0.717) is 11.5 Å². The van der Waals surface area contributed by atoms with E-state index in [1.165, 1.54) is 0 Å². The Bertz CT molecular complexity index is 416. The van der Waals surface area contributed by atoms with Gasteiger partial charge in [-0.25, -0.2) is 0 Å². The molecule has 0 amide bonds. The molecule has 1 N–H and O–H groups in total. The first kappa shape index (κ1) is 15.3. The lowest BCUT2D eigenvalue weighted by atomic mass is 9.80. The molecule has 1 aromatic rings. The fourth-order valence-electron chi connectivity index (χ4n) is 1.69. The molecule has 3 nitrogen and oxygen atoms in total. The summed E-state index contributed by atoms with van der Waals surface area (Å²) in [6.07, 6.45) is 0.325. The van der Waals surface area contributed by atoms with Gasteiger partial charge in [0.2, 0.25) is 0 Å². The summed E-state index contributed by atoms with van der Waals surface area (Å²) in [5, 5.41) is 10.5. The van der Waals surface area contributed by atoms with E-state index in [-0.39, 0.29) is 5.41 Å². The molecule has 0 spiro atoms. The molecule has 4 heteroatoms. The second kappa shape index (κ2) is 5.93. The molecule has 18 heavy (non-hydrogen) atoms. The number of methoxy groups -OCH3 is 2. The summed E-state index contributed by atoms with van der Waals surface area (Å²) >= 11 is 3.48. The van der Waals surface area contributed by atoms with Crippen molar-refractivity contribution in [2.75, 3.05) is 14.2 Å². The molecule has 1 aromatic carbocycles. The highest BCUT2D eigenvalue weighted by Crippen LogP contribution is 2.43. The van der Waals surface area contributed by atoms with Gasteiger partial charge >= 0.3 is 0 Å². The van der Waals surface area contributed by atoms with E-state index in [9.17, 15) is 5.11 Å². The van der Waals surface area contributed by atoms with Crippen molar-refractivity contribution in [2.24, 2.45) is 5.41 Å². The zero-order valence-corrected chi connectivity index (χ0v) is 13.2. The van der Waals surface area contributed by atoms with Gasteiger partial charge < -0.3 is 14.6 Å². The van der Waals surface area contributed by atoms with Gasteiger partial charge in [-0.15, -0.1) is 0 Å². The van der Waals surface area contributed by atoms with Gasteiger partial charge in [0.05, 0.1) is 20.3 Å². The summed E-state index contributed by atoms with van der Waals surface area (Å²) in [6, 6.07) is 3.65. The number of hydrogen-bond donors (Lipinski definition) is 1. The van der Waals surface area contributed by atoms with Crippen LogP contribution in [0.1, 0.15) is 38.9 Å². The molecule has 0 aliphatic rings. The van der Waals surface area contributed by atoms with E-state index >= 15 is 0 Å². The normalized spacial score (nSPS) is 13.3. The van der Waals surface area contributed by atoms with Gasteiger partial charge in [0.15, 0.2) is 11.5 Å². The number of ether oxygens (including phenoxy) is 2. The maximum Gasteiger partial charge on any atom is 0.161 e. The molecule has 0 aliphatic carbocycles.